The van der Waals surface area contributed by atoms with Gasteiger partial charge in [-0.15, -0.1) is 0 Å². The first kappa shape index (κ1) is 11.6. The summed E-state index contributed by atoms with van der Waals surface area (Å²) in [4.78, 5) is 11.0. The summed E-state index contributed by atoms with van der Waals surface area (Å²) in [5.41, 5.74) is 0. The summed E-state index contributed by atoms with van der Waals surface area (Å²) < 4.78 is 4.73. The van der Waals surface area contributed by atoms with Gasteiger partial charge in [0.05, 0.1) is 0 Å². The second kappa shape index (κ2) is 8.72. The van der Waals surface area contributed by atoms with Gasteiger partial charge < -0.3 is 4.74 Å². The van der Waals surface area contributed by atoms with E-state index in [1.807, 2.05) is 0 Å². The summed E-state index contributed by atoms with van der Waals surface area (Å²) in [6, 6.07) is 0. The molecule has 0 heterocycles. The molecule has 72 valence electrons. The molecule has 0 saturated heterocycles. The molecule has 0 fully saturated rings. The first-order valence-corrected chi connectivity index (χ1v) is 4.82. The van der Waals surface area contributed by atoms with Crippen LogP contribution in [-0.2, 0) is 9.53 Å². The van der Waals surface area contributed by atoms with Crippen molar-refractivity contribution in [3.8, 4) is 0 Å². The molecule has 12 heavy (non-hydrogen) atoms. The SMILES string of the molecule is CCCCCCCC(=O)COC. The Kier molecular flexibility index (Phi) is 8.46. The minimum absolute atomic E-state index is 0.231. The number of carbonyl (C=O) groups is 1. The molecule has 0 spiro atoms. The van der Waals surface area contributed by atoms with E-state index in [4.69, 9.17) is 4.74 Å². The quantitative estimate of drug-likeness (QED) is 0.526. The molecule has 0 aliphatic carbocycles. The van der Waals surface area contributed by atoms with Gasteiger partial charge in [-0.05, 0) is 6.42 Å². The summed E-state index contributed by atoms with van der Waals surface area (Å²) in [7, 11) is 1.56. The Labute approximate surface area is 75.3 Å². The Hall–Kier alpha value is -0.370. The van der Waals surface area contributed by atoms with E-state index in [1.165, 1.54) is 25.7 Å². The second-order valence-corrected chi connectivity index (χ2v) is 3.14. The zero-order valence-corrected chi connectivity index (χ0v) is 8.27. The number of carbonyl (C=O) groups excluding carboxylic acids is 1. The van der Waals surface area contributed by atoms with Crippen LogP contribution in [0.25, 0.3) is 0 Å². The highest BCUT2D eigenvalue weighted by molar-refractivity contribution is 5.79. The van der Waals surface area contributed by atoms with Crippen molar-refractivity contribution in [1.29, 1.82) is 0 Å². The molecular weight excluding hydrogens is 152 g/mol. The topological polar surface area (TPSA) is 26.3 Å². The molecule has 0 bridgehead atoms. The highest BCUT2D eigenvalue weighted by Crippen LogP contribution is 2.05. The van der Waals surface area contributed by atoms with Crippen LogP contribution >= 0.6 is 0 Å². The van der Waals surface area contributed by atoms with Crippen LogP contribution in [0.15, 0.2) is 0 Å². The lowest BCUT2D eigenvalue weighted by atomic mass is 10.1. The predicted molar refractivity (Wildman–Crippen MR) is 50.3 cm³/mol. The number of rotatable bonds is 8. The van der Waals surface area contributed by atoms with Crippen LogP contribution < -0.4 is 0 Å². The lowest BCUT2D eigenvalue weighted by Crippen LogP contribution is -2.05. The maximum atomic E-state index is 11.0. The van der Waals surface area contributed by atoms with Gasteiger partial charge in [0.25, 0.3) is 0 Å². The summed E-state index contributed by atoms with van der Waals surface area (Å²) in [6.07, 6.45) is 6.71. The van der Waals surface area contributed by atoms with Crippen LogP contribution in [0.1, 0.15) is 45.4 Å². The fourth-order valence-corrected chi connectivity index (χ4v) is 1.16. The van der Waals surface area contributed by atoms with Crippen LogP contribution in [0.3, 0.4) is 0 Å². The molecule has 0 aliphatic heterocycles. The third-order valence-corrected chi connectivity index (χ3v) is 1.86. The Morgan fingerprint density at radius 3 is 2.42 bits per heavy atom. The second-order valence-electron chi connectivity index (χ2n) is 3.14. The number of Topliss-reactive ketones (excluding diaryl/α,β-unsaturated/α-hetero) is 1. The van der Waals surface area contributed by atoms with E-state index in [1.54, 1.807) is 7.11 Å². The first-order valence-electron chi connectivity index (χ1n) is 4.82. The molecular formula is C10H20O2. The molecule has 2 nitrogen and oxygen atoms in total. The van der Waals surface area contributed by atoms with E-state index in [0.29, 0.717) is 6.42 Å². The van der Waals surface area contributed by atoms with Crippen LogP contribution in [0.2, 0.25) is 0 Å². The van der Waals surface area contributed by atoms with Gasteiger partial charge in [-0.2, -0.15) is 0 Å². The van der Waals surface area contributed by atoms with Crippen LogP contribution in [-0.4, -0.2) is 19.5 Å². The van der Waals surface area contributed by atoms with Crippen molar-refractivity contribution in [2.24, 2.45) is 0 Å². The van der Waals surface area contributed by atoms with Gasteiger partial charge in [-0.1, -0.05) is 32.6 Å². The van der Waals surface area contributed by atoms with E-state index >= 15 is 0 Å². The van der Waals surface area contributed by atoms with E-state index in [-0.39, 0.29) is 12.4 Å². The van der Waals surface area contributed by atoms with Crippen molar-refractivity contribution in [2.45, 2.75) is 45.4 Å². The lowest BCUT2D eigenvalue weighted by Gasteiger charge is -1.99. The molecule has 0 aromatic carbocycles. The Morgan fingerprint density at radius 1 is 1.17 bits per heavy atom. The Bertz CT molecular complexity index is 110. The van der Waals surface area contributed by atoms with Gasteiger partial charge in [0, 0.05) is 13.5 Å². The Balaban J connectivity index is 3.03. The van der Waals surface area contributed by atoms with Gasteiger partial charge >= 0.3 is 0 Å². The minimum atomic E-state index is 0.231. The summed E-state index contributed by atoms with van der Waals surface area (Å²) >= 11 is 0. The molecule has 0 aliphatic rings. The zero-order valence-electron chi connectivity index (χ0n) is 8.27. The monoisotopic (exact) mass is 172 g/mol. The van der Waals surface area contributed by atoms with Crippen molar-refractivity contribution in [2.75, 3.05) is 13.7 Å². The van der Waals surface area contributed by atoms with E-state index in [0.717, 1.165) is 6.42 Å². The maximum Gasteiger partial charge on any atom is 0.158 e. The largest absolute Gasteiger partial charge is 0.377 e. The number of ether oxygens (including phenoxy) is 1. The smallest absolute Gasteiger partial charge is 0.158 e. The third-order valence-electron chi connectivity index (χ3n) is 1.86. The van der Waals surface area contributed by atoms with Gasteiger partial charge in [0.2, 0.25) is 0 Å². The molecule has 0 aromatic heterocycles. The summed E-state index contributed by atoms with van der Waals surface area (Å²) in [5.74, 6) is 0.231. The predicted octanol–water partition coefficient (Wildman–Crippen LogP) is 2.56. The first-order chi connectivity index (χ1) is 5.81. The highest BCUT2D eigenvalue weighted by atomic mass is 16.5. The van der Waals surface area contributed by atoms with E-state index in [2.05, 4.69) is 6.92 Å². The van der Waals surface area contributed by atoms with Crippen LogP contribution in [0, 0.1) is 0 Å². The van der Waals surface area contributed by atoms with Crippen molar-refractivity contribution < 1.29 is 9.53 Å². The van der Waals surface area contributed by atoms with Crippen molar-refractivity contribution >= 4 is 5.78 Å². The molecule has 0 aromatic rings. The number of hydrogen-bond donors (Lipinski definition) is 0. The maximum absolute atomic E-state index is 11.0. The van der Waals surface area contributed by atoms with E-state index in [9.17, 15) is 4.79 Å². The van der Waals surface area contributed by atoms with Crippen molar-refractivity contribution in [3.05, 3.63) is 0 Å². The number of unbranched alkanes of at least 4 members (excludes halogenated alkanes) is 4. The van der Waals surface area contributed by atoms with E-state index < -0.39 is 0 Å². The van der Waals surface area contributed by atoms with Gasteiger partial charge in [-0.25, -0.2) is 0 Å². The summed E-state index contributed by atoms with van der Waals surface area (Å²) in [6.45, 7) is 2.48. The number of ketones is 1. The van der Waals surface area contributed by atoms with Gasteiger partial charge in [0.1, 0.15) is 6.61 Å². The molecule has 2 heteroatoms. The standard InChI is InChI=1S/C10H20O2/c1-3-4-5-6-7-8-10(11)9-12-2/h3-9H2,1-2H3. The molecule has 0 rings (SSSR count). The average Bonchev–Trinajstić information content (AvgIpc) is 2.05. The molecule has 0 amide bonds. The molecule has 0 atom stereocenters. The molecule has 0 unspecified atom stereocenters. The van der Waals surface area contributed by atoms with Crippen LogP contribution in [0.5, 0.6) is 0 Å². The fraction of sp³-hybridized carbons (Fsp3) is 0.900. The Morgan fingerprint density at radius 2 is 1.83 bits per heavy atom. The zero-order chi connectivity index (χ0) is 9.23. The molecule has 0 saturated carbocycles. The van der Waals surface area contributed by atoms with Crippen LogP contribution in [0.4, 0.5) is 0 Å². The van der Waals surface area contributed by atoms with Gasteiger partial charge in [-0.3, -0.25) is 4.79 Å². The van der Waals surface area contributed by atoms with Crippen molar-refractivity contribution in [3.63, 3.8) is 0 Å². The summed E-state index contributed by atoms with van der Waals surface area (Å²) in [5, 5.41) is 0. The molecule has 0 N–H and O–H groups in total. The van der Waals surface area contributed by atoms with Gasteiger partial charge in [0.15, 0.2) is 5.78 Å². The normalized spacial score (nSPS) is 10.2. The number of methoxy groups -OCH3 is 1. The lowest BCUT2D eigenvalue weighted by molar-refractivity contribution is -0.122. The van der Waals surface area contributed by atoms with Crippen molar-refractivity contribution in [1.82, 2.24) is 0 Å². The fourth-order valence-electron chi connectivity index (χ4n) is 1.16. The third kappa shape index (κ3) is 7.73. The highest BCUT2D eigenvalue weighted by Gasteiger charge is 1.99. The average molecular weight is 172 g/mol. The number of hydrogen-bond acceptors (Lipinski definition) is 2. The minimum Gasteiger partial charge on any atom is -0.377 e. The molecule has 0 radical (unpaired) electrons.